The Kier molecular flexibility index (Phi) is 4.37. The van der Waals surface area contributed by atoms with Gasteiger partial charge in [0.1, 0.15) is 0 Å². The fraction of sp³-hybridized carbons (Fsp3) is 0.308. The van der Waals surface area contributed by atoms with Gasteiger partial charge in [-0.15, -0.1) is 0 Å². The highest BCUT2D eigenvalue weighted by Crippen LogP contribution is 2.20. The lowest BCUT2D eigenvalue weighted by molar-refractivity contribution is -0.193. The van der Waals surface area contributed by atoms with E-state index < -0.39 is 18.1 Å². The second-order valence-corrected chi connectivity index (χ2v) is 4.16. The Labute approximate surface area is 117 Å². The van der Waals surface area contributed by atoms with E-state index in [1.165, 1.54) is 12.1 Å². The summed E-state index contributed by atoms with van der Waals surface area (Å²) in [6.45, 7) is 1.01. The van der Waals surface area contributed by atoms with Gasteiger partial charge < -0.3 is 9.47 Å². The molecule has 0 unspecified atom stereocenters. The van der Waals surface area contributed by atoms with Gasteiger partial charge in [0.25, 0.3) is 0 Å². The van der Waals surface area contributed by atoms with Crippen LogP contribution in [0.3, 0.4) is 0 Å². The predicted octanol–water partition coefficient (Wildman–Crippen LogP) is 2.13. The van der Waals surface area contributed by atoms with E-state index in [0.717, 1.165) is 11.8 Å². The minimum Gasteiger partial charge on any atom is -0.383 e. The molecule has 1 aliphatic rings. The van der Waals surface area contributed by atoms with Crippen LogP contribution in [0.1, 0.15) is 22.5 Å². The maximum absolute atomic E-state index is 12.0. The Morgan fingerprint density at radius 1 is 1.29 bits per heavy atom. The van der Waals surface area contributed by atoms with Gasteiger partial charge in [-0.25, -0.2) is 9.59 Å². The lowest BCUT2D eigenvalue weighted by Crippen LogP contribution is -2.28. The topological polar surface area (TPSA) is 65.5 Å². The van der Waals surface area contributed by atoms with Crippen LogP contribution < -0.4 is 0 Å². The number of carbonyl (C=O) groups excluding carboxylic acids is 2. The van der Waals surface area contributed by atoms with E-state index in [1.54, 1.807) is 0 Å². The normalized spacial score (nSPS) is 15.3. The number of ether oxygens (including phenoxy) is 2. The first-order chi connectivity index (χ1) is 9.88. The highest BCUT2D eigenvalue weighted by molar-refractivity contribution is 5.98. The van der Waals surface area contributed by atoms with E-state index in [2.05, 4.69) is 9.72 Å². The van der Waals surface area contributed by atoms with Gasteiger partial charge in [-0.2, -0.15) is 13.2 Å². The van der Waals surface area contributed by atoms with Gasteiger partial charge in [0.15, 0.2) is 0 Å². The molecular weight excluding hydrogens is 291 g/mol. The van der Waals surface area contributed by atoms with Gasteiger partial charge in [-0.3, -0.25) is 4.98 Å². The number of alkyl halides is 3. The van der Waals surface area contributed by atoms with Gasteiger partial charge in [-0.05, 0) is 24.1 Å². The molecule has 0 atom stereocenters. The molecule has 0 fully saturated rings. The molecule has 2 rings (SSSR count). The molecule has 21 heavy (non-hydrogen) atoms. The highest BCUT2D eigenvalue weighted by Gasteiger charge is 2.42. The van der Waals surface area contributed by atoms with Crippen molar-refractivity contribution in [2.24, 2.45) is 0 Å². The van der Waals surface area contributed by atoms with Gasteiger partial charge in [0.2, 0.25) is 0 Å². The summed E-state index contributed by atoms with van der Waals surface area (Å²) < 4.78 is 44.8. The lowest BCUT2D eigenvalue weighted by Gasteiger charge is -2.13. The molecule has 0 amide bonds. The van der Waals surface area contributed by atoms with Crippen molar-refractivity contribution in [1.29, 1.82) is 0 Å². The van der Waals surface area contributed by atoms with E-state index in [0.29, 0.717) is 25.3 Å². The maximum atomic E-state index is 12.0. The van der Waals surface area contributed by atoms with Gasteiger partial charge in [0.05, 0.1) is 24.5 Å². The van der Waals surface area contributed by atoms with E-state index in [4.69, 9.17) is 4.74 Å². The number of hydrogen-bond donors (Lipinski definition) is 0. The molecule has 1 aromatic rings. The number of pyridine rings is 1. The van der Waals surface area contributed by atoms with Crippen LogP contribution in [0.2, 0.25) is 0 Å². The number of esters is 2. The molecule has 0 N–H and O–H groups in total. The zero-order valence-corrected chi connectivity index (χ0v) is 10.6. The largest absolute Gasteiger partial charge is 0.491 e. The highest BCUT2D eigenvalue weighted by atomic mass is 19.4. The van der Waals surface area contributed by atoms with Crippen molar-refractivity contribution < 1.29 is 32.2 Å². The van der Waals surface area contributed by atoms with E-state index in [-0.39, 0.29) is 5.56 Å². The van der Waals surface area contributed by atoms with Crippen LogP contribution in [0.25, 0.3) is 5.57 Å². The van der Waals surface area contributed by atoms with Crippen molar-refractivity contribution >= 4 is 17.5 Å². The molecule has 0 bridgehead atoms. The monoisotopic (exact) mass is 301 g/mol. The van der Waals surface area contributed by atoms with Crippen molar-refractivity contribution in [2.75, 3.05) is 13.2 Å². The molecule has 8 heteroatoms. The average molecular weight is 301 g/mol. The Morgan fingerprint density at radius 3 is 2.57 bits per heavy atom. The third kappa shape index (κ3) is 3.88. The minimum absolute atomic E-state index is 0.232. The number of aromatic nitrogens is 1. The summed E-state index contributed by atoms with van der Waals surface area (Å²) in [5, 5.41) is 0. The number of nitrogens with zero attached hydrogens (tertiary/aromatic N) is 1. The zero-order valence-electron chi connectivity index (χ0n) is 10.6. The Hall–Kier alpha value is -2.22. The van der Waals surface area contributed by atoms with Gasteiger partial charge in [0, 0.05) is 6.20 Å². The second-order valence-electron chi connectivity index (χ2n) is 4.16. The summed E-state index contributed by atoms with van der Waals surface area (Å²) in [5.41, 5.74) is 1.29. The van der Waals surface area contributed by atoms with Crippen LogP contribution in [-0.2, 0) is 14.3 Å². The zero-order chi connectivity index (χ0) is 15.5. The first-order valence-corrected chi connectivity index (χ1v) is 5.94. The molecule has 2 heterocycles. The predicted molar refractivity (Wildman–Crippen MR) is 64.1 cm³/mol. The van der Waals surface area contributed by atoms with E-state index in [1.807, 2.05) is 6.08 Å². The standard InChI is InChI=1S/C13H10F3NO4/c14-13(15,16)12(19)21-11(18)9-1-2-10(17-7-9)8-3-5-20-6-4-8/h1-3,7H,4-6H2. The second kappa shape index (κ2) is 6.04. The molecule has 1 aromatic heterocycles. The number of halogens is 3. The molecule has 112 valence electrons. The minimum atomic E-state index is -5.21. The smallest absolute Gasteiger partial charge is 0.383 e. The third-order valence-corrected chi connectivity index (χ3v) is 2.71. The van der Waals surface area contributed by atoms with Gasteiger partial charge in [-0.1, -0.05) is 6.08 Å². The molecular formula is C13H10F3NO4. The lowest BCUT2D eigenvalue weighted by atomic mass is 10.1. The first-order valence-electron chi connectivity index (χ1n) is 5.94. The van der Waals surface area contributed by atoms with Crippen molar-refractivity contribution in [3.63, 3.8) is 0 Å². The number of rotatable bonds is 2. The molecule has 5 nitrogen and oxygen atoms in total. The fourth-order valence-corrected chi connectivity index (χ4v) is 1.67. The van der Waals surface area contributed by atoms with E-state index in [9.17, 15) is 22.8 Å². The average Bonchev–Trinajstić information content (AvgIpc) is 2.47. The van der Waals surface area contributed by atoms with Crippen LogP contribution >= 0.6 is 0 Å². The summed E-state index contributed by atoms with van der Waals surface area (Å²) in [7, 11) is 0. The molecule has 0 aromatic carbocycles. The Balaban J connectivity index is 2.06. The SMILES string of the molecule is O=C(OC(=O)C(F)(F)F)c1ccc(C2=CCOCC2)nc1. The first kappa shape index (κ1) is 15.2. The fourth-order valence-electron chi connectivity index (χ4n) is 1.67. The molecule has 1 aliphatic heterocycles. The van der Waals surface area contributed by atoms with Crippen LogP contribution in [-0.4, -0.2) is 36.3 Å². The molecule has 0 saturated heterocycles. The maximum Gasteiger partial charge on any atom is 0.491 e. The summed E-state index contributed by atoms with van der Waals surface area (Å²) in [4.78, 5) is 25.9. The summed E-state index contributed by atoms with van der Waals surface area (Å²) in [5.74, 6) is -3.94. The third-order valence-electron chi connectivity index (χ3n) is 2.71. The van der Waals surface area contributed by atoms with Gasteiger partial charge >= 0.3 is 18.1 Å². The Morgan fingerprint density at radius 2 is 2.05 bits per heavy atom. The van der Waals surface area contributed by atoms with Crippen molar-refractivity contribution in [2.45, 2.75) is 12.6 Å². The van der Waals surface area contributed by atoms with Crippen molar-refractivity contribution in [1.82, 2.24) is 4.98 Å². The van der Waals surface area contributed by atoms with Crippen molar-refractivity contribution in [3.8, 4) is 0 Å². The van der Waals surface area contributed by atoms with Crippen molar-refractivity contribution in [3.05, 3.63) is 35.7 Å². The van der Waals surface area contributed by atoms with Crippen LogP contribution in [0.15, 0.2) is 24.4 Å². The summed E-state index contributed by atoms with van der Waals surface area (Å²) >= 11 is 0. The Bertz CT molecular complexity index is 578. The summed E-state index contributed by atoms with van der Waals surface area (Å²) in [6, 6.07) is 2.73. The van der Waals surface area contributed by atoms with Crippen LogP contribution in [0.4, 0.5) is 13.2 Å². The number of hydrogen-bond acceptors (Lipinski definition) is 5. The van der Waals surface area contributed by atoms with Crippen LogP contribution in [0.5, 0.6) is 0 Å². The molecule has 0 aliphatic carbocycles. The number of carbonyl (C=O) groups is 2. The quantitative estimate of drug-likeness (QED) is 0.618. The summed E-state index contributed by atoms with van der Waals surface area (Å²) in [6.07, 6.45) is -1.66. The molecule has 0 radical (unpaired) electrons. The molecule has 0 saturated carbocycles. The van der Waals surface area contributed by atoms with Crippen LogP contribution in [0, 0.1) is 0 Å². The van der Waals surface area contributed by atoms with E-state index >= 15 is 0 Å². The molecule has 0 spiro atoms.